The van der Waals surface area contributed by atoms with Crippen molar-refractivity contribution < 1.29 is 4.74 Å². The second-order valence-corrected chi connectivity index (χ2v) is 4.55. The molecule has 0 aliphatic rings. The molecule has 4 N–H and O–H groups in total. The molecule has 0 aliphatic heterocycles. The molecule has 0 aliphatic carbocycles. The van der Waals surface area contributed by atoms with Crippen LogP contribution in [0.5, 0.6) is 0 Å². The Bertz CT molecular complexity index is 737. The lowest BCUT2D eigenvalue weighted by Crippen LogP contribution is -2.12. The summed E-state index contributed by atoms with van der Waals surface area (Å²) in [6.45, 7) is 2.41. The quantitative estimate of drug-likeness (QED) is 0.679. The first-order chi connectivity index (χ1) is 9.81. The second kappa shape index (κ2) is 5.44. The highest BCUT2D eigenvalue weighted by Gasteiger charge is 2.11. The number of hydrogen-bond acceptors (Lipinski definition) is 5. The maximum Gasteiger partial charge on any atom is 0.152 e. The molecule has 2 aromatic heterocycles. The van der Waals surface area contributed by atoms with Gasteiger partial charge in [0.25, 0.3) is 0 Å². The van der Waals surface area contributed by atoms with Crippen molar-refractivity contribution in [1.29, 1.82) is 0 Å². The zero-order valence-electron chi connectivity index (χ0n) is 11.1. The van der Waals surface area contributed by atoms with Crippen LogP contribution in [0.1, 0.15) is 0 Å². The van der Waals surface area contributed by atoms with Crippen molar-refractivity contribution in [1.82, 2.24) is 14.5 Å². The van der Waals surface area contributed by atoms with Crippen molar-refractivity contribution in [2.24, 2.45) is 5.73 Å². The molecule has 0 saturated carbocycles. The fourth-order valence-electron chi connectivity index (χ4n) is 2.32. The van der Waals surface area contributed by atoms with Gasteiger partial charge in [0.2, 0.25) is 0 Å². The minimum absolute atomic E-state index is 0.459. The Balaban J connectivity index is 2.05. The molecule has 6 heteroatoms. The zero-order chi connectivity index (χ0) is 13.9. The maximum atomic E-state index is 5.98. The molecule has 2 heterocycles. The van der Waals surface area contributed by atoms with Crippen LogP contribution in [0.15, 0.2) is 30.6 Å². The average Bonchev–Trinajstić information content (AvgIpc) is 2.89. The third-order valence-electron chi connectivity index (χ3n) is 3.22. The lowest BCUT2D eigenvalue weighted by molar-refractivity contribution is 0.134. The first-order valence-electron chi connectivity index (χ1n) is 6.58. The molecule has 104 valence electrons. The molecule has 1 aromatic carbocycles. The van der Waals surface area contributed by atoms with Gasteiger partial charge in [-0.05, 0) is 6.07 Å². The summed E-state index contributed by atoms with van der Waals surface area (Å²) >= 11 is 0. The number of nitrogens with zero attached hydrogens (tertiary/aromatic N) is 3. The summed E-state index contributed by atoms with van der Waals surface area (Å²) < 4.78 is 7.47. The number of rotatable bonds is 5. The molecule has 20 heavy (non-hydrogen) atoms. The monoisotopic (exact) mass is 271 g/mol. The summed E-state index contributed by atoms with van der Waals surface area (Å²) in [5.41, 5.74) is 14.0. The summed E-state index contributed by atoms with van der Waals surface area (Å²) in [7, 11) is 0. The lowest BCUT2D eigenvalue weighted by atomic mass is 10.2. The topological polar surface area (TPSA) is 92.0 Å². The van der Waals surface area contributed by atoms with Gasteiger partial charge in [-0.3, -0.25) is 0 Å². The SMILES string of the molecule is NCCOCCn1cnc2c(N)nc3ccccc3c21. The Labute approximate surface area is 116 Å². The smallest absolute Gasteiger partial charge is 0.152 e. The number of hydrogen-bond donors (Lipinski definition) is 2. The van der Waals surface area contributed by atoms with Crippen LogP contribution in [-0.4, -0.2) is 34.3 Å². The van der Waals surface area contributed by atoms with Crippen molar-refractivity contribution in [2.75, 3.05) is 25.5 Å². The van der Waals surface area contributed by atoms with Gasteiger partial charge in [0, 0.05) is 18.5 Å². The van der Waals surface area contributed by atoms with E-state index >= 15 is 0 Å². The van der Waals surface area contributed by atoms with Gasteiger partial charge in [0.15, 0.2) is 5.82 Å². The summed E-state index contributed by atoms with van der Waals surface area (Å²) in [5, 5.41) is 1.05. The van der Waals surface area contributed by atoms with Gasteiger partial charge in [-0.2, -0.15) is 0 Å². The summed E-state index contributed by atoms with van der Waals surface area (Å²) in [6, 6.07) is 7.92. The molecule has 0 radical (unpaired) electrons. The molecular weight excluding hydrogens is 254 g/mol. The van der Waals surface area contributed by atoms with Crippen molar-refractivity contribution in [2.45, 2.75) is 6.54 Å². The number of pyridine rings is 1. The maximum absolute atomic E-state index is 5.98. The molecule has 3 rings (SSSR count). The van der Waals surface area contributed by atoms with E-state index in [1.807, 2.05) is 28.8 Å². The van der Waals surface area contributed by atoms with Gasteiger partial charge in [0.1, 0.15) is 5.52 Å². The average molecular weight is 271 g/mol. The fraction of sp³-hybridized carbons (Fsp3) is 0.286. The second-order valence-electron chi connectivity index (χ2n) is 4.55. The molecule has 0 spiro atoms. The van der Waals surface area contributed by atoms with Crippen LogP contribution >= 0.6 is 0 Å². The van der Waals surface area contributed by atoms with Gasteiger partial charge in [-0.1, -0.05) is 18.2 Å². The van der Waals surface area contributed by atoms with Crippen LogP contribution in [0.2, 0.25) is 0 Å². The number of benzene rings is 1. The minimum atomic E-state index is 0.459. The third kappa shape index (κ3) is 2.19. The van der Waals surface area contributed by atoms with E-state index < -0.39 is 0 Å². The van der Waals surface area contributed by atoms with Gasteiger partial charge >= 0.3 is 0 Å². The summed E-state index contributed by atoms with van der Waals surface area (Å²) in [4.78, 5) is 8.74. The minimum Gasteiger partial charge on any atom is -0.382 e. The normalized spacial score (nSPS) is 11.4. The molecule has 0 fully saturated rings. The predicted octanol–water partition coefficient (Wildman–Crippen LogP) is 1.14. The lowest BCUT2D eigenvalue weighted by Gasteiger charge is -2.08. The van der Waals surface area contributed by atoms with Gasteiger partial charge in [-0.25, -0.2) is 9.97 Å². The number of ether oxygens (including phenoxy) is 1. The molecule has 0 saturated heterocycles. The van der Waals surface area contributed by atoms with E-state index in [0.717, 1.165) is 21.9 Å². The Morgan fingerprint density at radius 1 is 1.20 bits per heavy atom. The van der Waals surface area contributed by atoms with Crippen molar-refractivity contribution in [3.8, 4) is 0 Å². The van der Waals surface area contributed by atoms with Crippen LogP contribution in [0.4, 0.5) is 5.82 Å². The number of imidazole rings is 1. The number of aromatic nitrogens is 3. The summed E-state index contributed by atoms with van der Waals surface area (Å²) in [6.07, 6.45) is 1.78. The Morgan fingerprint density at radius 3 is 2.90 bits per heavy atom. The van der Waals surface area contributed by atoms with Crippen LogP contribution in [0.3, 0.4) is 0 Å². The first-order valence-corrected chi connectivity index (χ1v) is 6.58. The highest BCUT2D eigenvalue weighted by molar-refractivity contribution is 6.06. The van der Waals surface area contributed by atoms with E-state index in [1.54, 1.807) is 6.33 Å². The van der Waals surface area contributed by atoms with E-state index in [1.165, 1.54) is 0 Å². The van der Waals surface area contributed by atoms with Crippen LogP contribution in [0.25, 0.3) is 21.9 Å². The molecule has 6 nitrogen and oxygen atoms in total. The van der Waals surface area contributed by atoms with Crippen molar-refractivity contribution >= 4 is 27.8 Å². The van der Waals surface area contributed by atoms with Gasteiger partial charge in [-0.15, -0.1) is 0 Å². The predicted molar refractivity (Wildman–Crippen MR) is 79.3 cm³/mol. The number of nitrogens with two attached hydrogens (primary N) is 2. The van der Waals surface area contributed by atoms with Crippen LogP contribution in [0, 0.1) is 0 Å². The number of para-hydroxylation sites is 1. The number of nitrogen functional groups attached to an aromatic ring is 1. The van der Waals surface area contributed by atoms with E-state index in [2.05, 4.69) is 9.97 Å². The Hall–Kier alpha value is -2.18. The molecule has 0 amide bonds. The standard InChI is InChI=1S/C14H17N5O/c15-5-7-20-8-6-19-9-17-12-13(19)10-3-1-2-4-11(10)18-14(12)16/h1-4,9H,5-8,15H2,(H2,16,18). The Morgan fingerprint density at radius 2 is 2.05 bits per heavy atom. The fourth-order valence-corrected chi connectivity index (χ4v) is 2.32. The van der Waals surface area contributed by atoms with E-state index in [0.29, 0.717) is 32.1 Å². The molecule has 0 bridgehead atoms. The number of anilines is 1. The Kier molecular flexibility index (Phi) is 3.49. The molecule has 3 aromatic rings. The highest BCUT2D eigenvalue weighted by atomic mass is 16.5. The van der Waals surface area contributed by atoms with Crippen molar-refractivity contribution in [3.05, 3.63) is 30.6 Å². The van der Waals surface area contributed by atoms with Crippen molar-refractivity contribution in [3.63, 3.8) is 0 Å². The largest absolute Gasteiger partial charge is 0.382 e. The number of fused-ring (bicyclic) bond motifs is 3. The van der Waals surface area contributed by atoms with E-state index in [4.69, 9.17) is 16.2 Å². The first kappa shape index (κ1) is 12.8. The molecular formula is C14H17N5O. The zero-order valence-corrected chi connectivity index (χ0v) is 11.1. The van der Waals surface area contributed by atoms with Crippen LogP contribution < -0.4 is 11.5 Å². The molecule has 0 atom stereocenters. The third-order valence-corrected chi connectivity index (χ3v) is 3.22. The van der Waals surface area contributed by atoms with E-state index in [9.17, 15) is 0 Å². The summed E-state index contributed by atoms with van der Waals surface area (Å²) in [5.74, 6) is 0.459. The van der Waals surface area contributed by atoms with Crippen LogP contribution in [-0.2, 0) is 11.3 Å². The molecule has 0 unspecified atom stereocenters. The van der Waals surface area contributed by atoms with E-state index in [-0.39, 0.29) is 0 Å². The highest BCUT2D eigenvalue weighted by Crippen LogP contribution is 2.26. The van der Waals surface area contributed by atoms with Gasteiger partial charge in [0.05, 0.1) is 30.6 Å². The van der Waals surface area contributed by atoms with Gasteiger partial charge < -0.3 is 20.8 Å².